The number of aryl methyl sites for hydroxylation is 1. The SMILES string of the molecule is COC(=O)C(=O)N(CCCCc1ccccc1)c1cc(-c2ccc(C(F)(F)F)cc2)ccc1OC. The van der Waals surface area contributed by atoms with Gasteiger partial charge in [0.15, 0.2) is 0 Å². The fourth-order valence-corrected chi connectivity index (χ4v) is 3.70. The van der Waals surface area contributed by atoms with E-state index in [0.717, 1.165) is 32.1 Å². The maximum atomic E-state index is 12.9. The van der Waals surface area contributed by atoms with Crippen molar-refractivity contribution in [3.05, 3.63) is 83.9 Å². The van der Waals surface area contributed by atoms with E-state index in [0.29, 0.717) is 29.0 Å². The van der Waals surface area contributed by atoms with Crippen molar-refractivity contribution in [3.63, 3.8) is 0 Å². The van der Waals surface area contributed by atoms with Gasteiger partial charge in [0, 0.05) is 6.54 Å². The Morgan fingerprint density at radius 3 is 2.11 bits per heavy atom. The number of hydrogen-bond acceptors (Lipinski definition) is 4. The molecule has 0 aliphatic carbocycles. The molecule has 184 valence electrons. The van der Waals surface area contributed by atoms with Crippen LogP contribution in [-0.4, -0.2) is 32.6 Å². The number of ether oxygens (including phenoxy) is 2. The fourth-order valence-electron chi connectivity index (χ4n) is 3.70. The molecule has 5 nitrogen and oxygen atoms in total. The molecule has 3 aromatic carbocycles. The Balaban J connectivity index is 1.88. The lowest BCUT2D eigenvalue weighted by molar-refractivity contribution is -0.151. The van der Waals surface area contributed by atoms with Gasteiger partial charge in [0.2, 0.25) is 0 Å². The number of anilines is 1. The van der Waals surface area contributed by atoms with Gasteiger partial charge in [0.1, 0.15) is 5.75 Å². The van der Waals surface area contributed by atoms with Crippen LogP contribution in [-0.2, 0) is 26.9 Å². The van der Waals surface area contributed by atoms with Crippen molar-refractivity contribution < 1.29 is 32.2 Å². The highest BCUT2D eigenvalue weighted by molar-refractivity contribution is 6.38. The zero-order valence-corrected chi connectivity index (χ0v) is 19.5. The van der Waals surface area contributed by atoms with E-state index < -0.39 is 23.6 Å². The Kier molecular flexibility index (Phi) is 8.52. The number of methoxy groups -OCH3 is 2. The molecule has 0 N–H and O–H groups in total. The van der Waals surface area contributed by atoms with E-state index in [1.54, 1.807) is 18.2 Å². The van der Waals surface area contributed by atoms with Gasteiger partial charge in [-0.2, -0.15) is 13.2 Å². The van der Waals surface area contributed by atoms with Crippen molar-refractivity contribution in [2.45, 2.75) is 25.4 Å². The molecule has 8 heteroatoms. The number of halogens is 3. The normalized spacial score (nSPS) is 11.1. The van der Waals surface area contributed by atoms with Crippen LogP contribution in [0.25, 0.3) is 11.1 Å². The number of nitrogens with zero attached hydrogens (tertiary/aromatic N) is 1. The van der Waals surface area contributed by atoms with E-state index in [-0.39, 0.29) is 6.54 Å². The molecule has 0 saturated carbocycles. The molecule has 0 bridgehead atoms. The van der Waals surface area contributed by atoms with Gasteiger partial charge in [-0.05, 0) is 60.2 Å². The molecule has 0 aliphatic rings. The van der Waals surface area contributed by atoms with Crippen LogP contribution in [0.2, 0.25) is 0 Å². The Labute approximate surface area is 202 Å². The summed E-state index contributed by atoms with van der Waals surface area (Å²) in [6, 6.07) is 19.5. The first kappa shape index (κ1) is 25.8. The molecule has 0 aliphatic heterocycles. The number of carbonyl (C=O) groups excluding carboxylic acids is 2. The van der Waals surface area contributed by atoms with E-state index in [2.05, 4.69) is 4.74 Å². The fraction of sp³-hybridized carbons (Fsp3) is 0.259. The van der Waals surface area contributed by atoms with Crippen molar-refractivity contribution in [3.8, 4) is 16.9 Å². The molecule has 0 fully saturated rings. The molecule has 0 atom stereocenters. The summed E-state index contributed by atoms with van der Waals surface area (Å²) in [4.78, 5) is 26.3. The van der Waals surface area contributed by atoms with E-state index in [9.17, 15) is 22.8 Å². The maximum absolute atomic E-state index is 12.9. The lowest BCUT2D eigenvalue weighted by atomic mass is 10.0. The second-order valence-electron chi connectivity index (χ2n) is 7.85. The first-order valence-electron chi connectivity index (χ1n) is 11.0. The van der Waals surface area contributed by atoms with Crippen LogP contribution in [0.4, 0.5) is 18.9 Å². The van der Waals surface area contributed by atoms with Crippen molar-refractivity contribution in [2.75, 3.05) is 25.7 Å². The monoisotopic (exact) mass is 485 g/mol. The number of alkyl halides is 3. The Bertz CT molecular complexity index is 1150. The van der Waals surface area contributed by atoms with Crippen LogP contribution in [0.15, 0.2) is 72.8 Å². The van der Waals surface area contributed by atoms with Gasteiger partial charge in [0.25, 0.3) is 0 Å². The molecule has 3 rings (SSSR count). The van der Waals surface area contributed by atoms with Crippen LogP contribution < -0.4 is 9.64 Å². The summed E-state index contributed by atoms with van der Waals surface area (Å²) in [5.74, 6) is -1.52. The van der Waals surface area contributed by atoms with Crippen molar-refractivity contribution >= 4 is 17.6 Å². The van der Waals surface area contributed by atoms with Gasteiger partial charge < -0.3 is 9.47 Å². The molecule has 3 aromatic rings. The lowest BCUT2D eigenvalue weighted by Gasteiger charge is -2.24. The predicted octanol–water partition coefficient (Wildman–Crippen LogP) is 5.91. The number of hydrogen-bond donors (Lipinski definition) is 0. The zero-order valence-electron chi connectivity index (χ0n) is 19.5. The van der Waals surface area contributed by atoms with E-state index >= 15 is 0 Å². The smallest absolute Gasteiger partial charge is 0.416 e. The number of esters is 1. The largest absolute Gasteiger partial charge is 0.495 e. The number of carbonyl (C=O) groups is 2. The molecular weight excluding hydrogens is 459 g/mol. The second kappa shape index (κ2) is 11.6. The van der Waals surface area contributed by atoms with Crippen LogP contribution >= 0.6 is 0 Å². The van der Waals surface area contributed by atoms with Crippen LogP contribution in [0, 0.1) is 0 Å². The van der Waals surface area contributed by atoms with Gasteiger partial charge in [0.05, 0.1) is 25.5 Å². The Hall–Kier alpha value is -3.81. The molecule has 0 unspecified atom stereocenters. The molecule has 0 radical (unpaired) electrons. The van der Waals surface area contributed by atoms with Crippen LogP contribution in [0.3, 0.4) is 0 Å². The standard InChI is InChI=1S/C27H26F3NO4/c1-34-24-16-13-21(20-11-14-22(15-12-20)27(28,29)30)18-23(24)31(25(32)26(33)35-2)17-7-6-10-19-8-4-3-5-9-19/h3-5,8-9,11-16,18H,6-7,10,17H2,1-2H3. The van der Waals surface area contributed by atoms with E-state index in [1.165, 1.54) is 29.7 Å². The molecule has 0 spiro atoms. The average molecular weight is 486 g/mol. The van der Waals surface area contributed by atoms with Crippen LogP contribution in [0.5, 0.6) is 5.75 Å². The number of rotatable bonds is 8. The third kappa shape index (κ3) is 6.62. The van der Waals surface area contributed by atoms with E-state index in [1.807, 2.05) is 30.3 Å². The molecular formula is C27H26F3NO4. The molecule has 0 heterocycles. The lowest BCUT2D eigenvalue weighted by Crippen LogP contribution is -2.38. The summed E-state index contributed by atoms with van der Waals surface area (Å²) < 4.78 is 48.9. The minimum absolute atomic E-state index is 0.230. The Morgan fingerprint density at radius 1 is 0.857 bits per heavy atom. The summed E-state index contributed by atoms with van der Waals surface area (Å²) >= 11 is 0. The highest BCUT2D eigenvalue weighted by atomic mass is 19.4. The first-order valence-corrected chi connectivity index (χ1v) is 11.0. The van der Waals surface area contributed by atoms with Gasteiger partial charge >= 0.3 is 18.1 Å². The summed E-state index contributed by atoms with van der Waals surface area (Å²) in [5, 5.41) is 0. The Morgan fingerprint density at radius 2 is 1.51 bits per heavy atom. The van der Waals surface area contributed by atoms with Gasteiger partial charge in [-0.15, -0.1) is 0 Å². The molecule has 0 aromatic heterocycles. The van der Waals surface area contributed by atoms with Gasteiger partial charge in [-0.1, -0.05) is 48.5 Å². The number of unbranched alkanes of at least 4 members (excludes halogenated alkanes) is 1. The third-order valence-corrected chi connectivity index (χ3v) is 5.56. The number of amides is 1. The highest BCUT2D eigenvalue weighted by Gasteiger charge is 2.30. The van der Waals surface area contributed by atoms with Crippen molar-refractivity contribution in [2.24, 2.45) is 0 Å². The molecule has 0 saturated heterocycles. The summed E-state index contributed by atoms with van der Waals surface area (Å²) in [5.41, 5.74) is 1.84. The van der Waals surface area contributed by atoms with Gasteiger partial charge in [-0.3, -0.25) is 9.69 Å². The van der Waals surface area contributed by atoms with E-state index in [4.69, 9.17) is 4.74 Å². The average Bonchev–Trinajstić information content (AvgIpc) is 2.87. The summed E-state index contributed by atoms with van der Waals surface area (Å²) in [7, 11) is 2.57. The topological polar surface area (TPSA) is 55.8 Å². The maximum Gasteiger partial charge on any atom is 0.416 e. The quantitative estimate of drug-likeness (QED) is 0.226. The molecule has 1 amide bonds. The summed E-state index contributed by atoms with van der Waals surface area (Å²) in [6.07, 6.45) is -2.25. The van der Waals surface area contributed by atoms with Crippen molar-refractivity contribution in [1.82, 2.24) is 0 Å². The third-order valence-electron chi connectivity index (χ3n) is 5.56. The number of benzene rings is 3. The zero-order chi connectivity index (χ0) is 25.4. The van der Waals surface area contributed by atoms with Crippen LogP contribution in [0.1, 0.15) is 24.0 Å². The first-order chi connectivity index (χ1) is 16.7. The highest BCUT2D eigenvalue weighted by Crippen LogP contribution is 2.35. The predicted molar refractivity (Wildman–Crippen MR) is 127 cm³/mol. The second-order valence-corrected chi connectivity index (χ2v) is 7.85. The minimum Gasteiger partial charge on any atom is -0.495 e. The molecule has 35 heavy (non-hydrogen) atoms. The summed E-state index contributed by atoms with van der Waals surface area (Å²) in [6.45, 7) is 0.230. The minimum atomic E-state index is -4.44. The van der Waals surface area contributed by atoms with Crippen molar-refractivity contribution in [1.29, 1.82) is 0 Å². The van der Waals surface area contributed by atoms with Gasteiger partial charge in [-0.25, -0.2) is 4.79 Å².